The summed E-state index contributed by atoms with van der Waals surface area (Å²) in [5.74, 6) is 0.0425. The van der Waals surface area contributed by atoms with Gasteiger partial charge in [0.05, 0.1) is 25.3 Å². The lowest BCUT2D eigenvalue weighted by Crippen LogP contribution is -2.14. The Kier molecular flexibility index (Phi) is 5.44. The summed E-state index contributed by atoms with van der Waals surface area (Å²) in [5.41, 5.74) is 0.210. The fourth-order valence-corrected chi connectivity index (χ4v) is 1.76. The molecule has 0 saturated heterocycles. The Hall–Kier alpha value is -1.46. The first-order valence-corrected chi connectivity index (χ1v) is 6.08. The molecule has 19 heavy (non-hydrogen) atoms. The van der Waals surface area contributed by atoms with E-state index in [0.717, 1.165) is 0 Å². The maximum Gasteiger partial charge on any atom is 0.339 e. The van der Waals surface area contributed by atoms with Gasteiger partial charge in [0, 0.05) is 11.6 Å². The zero-order chi connectivity index (χ0) is 14.6. The molecule has 106 valence electrons. The van der Waals surface area contributed by atoms with Crippen molar-refractivity contribution >= 4 is 17.6 Å². The van der Waals surface area contributed by atoms with Gasteiger partial charge in [-0.15, -0.1) is 0 Å². The fourth-order valence-electron chi connectivity index (χ4n) is 1.50. The van der Waals surface area contributed by atoms with Crippen molar-refractivity contribution in [2.45, 2.75) is 26.1 Å². The molecule has 1 rings (SSSR count). The second-order valence-corrected chi connectivity index (χ2v) is 4.52. The number of aliphatic hydroxyl groups excluding tert-OH is 1. The number of aliphatic hydroxyl groups is 1. The Bertz CT molecular complexity index is 459. The SMILES string of the molecule is COC(=O)C(O)c1cc(OC)c(OC(C)C)cc1Cl. The van der Waals surface area contributed by atoms with E-state index in [4.69, 9.17) is 21.1 Å². The second kappa shape index (κ2) is 6.63. The molecule has 6 heteroatoms. The molecule has 0 fully saturated rings. The van der Waals surface area contributed by atoms with Crippen LogP contribution in [-0.2, 0) is 9.53 Å². The number of ether oxygens (including phenoxy) is 3. The van der Waals surface area contributed by atoms with Gasteiger partial charge in [0.15, 0.2) is 17.6 Å². The van der Waals surface area contributed by atoms with Crippen LogP contribution in [-0.4, -0.2) is 31.4 Å². The quantitative estimate of drug-likeness (QED) is 0.843. The van der Waals surface area contributed by atoms with Crippen LogP contribution in [0.1, 0.15) is 25.5 Å². The first kappa shape index (κ1) is 15.6. The molecule has 0 aliphatic rings. The normalized spacial score (nSPS) is 12.2. The first-order valence-electron chi connectivity index (χ1n) is 5.70. The van der Waals surface area contributed by atoms with Crippen LogP contribution in [0.3, 0.4) is 0 Å². The molecular formula is C13H17ClO5. The molecule has 0 bridgehead atoms. The molecule has 1 N–H and O–H groups in total. The van der Waals surface area contributed by atoms with E-state index in [9.17, 15) is 9.90 Å². The van der Waals surface area contributed by atoms with Gasteiger partial charge in [0.25, 0.3) is 0 Å². The average Bonchev–Trinajstić information content (AvgIpc) is 2.36. The van der Waals surface area contributed by atoms with E-state index in [1.807, 2.05) is 13.8 Å². The van der Waals surface area contributed by atoms with E-state index in [1.54, 1.807) is 0 Å². The topological polar surface area (TPSA) is 65.0 Å². The monoisotopic (exact) mass is 288 g/mol. The van der Waals surface area contributed by atoms with Gasteiger partial charge in [-0.2, -0.15) is 0 Å². The zero-order valence-electron chi connectivity index (χ0n) is 11.3. The molecule has 0 aliphatic carbocycles. The molecule has 0 aromatic heterocycles. The Morgan fingerprint density at radius 2 is 1.89 bits per heavy atom. The summed E-state index contributed by atoms with van der Waals surface area (Å²) < 4.78 is 15.2. The van der Waals surface area contributed by atoms with Crippen molar-refractivity contribution in [2.75, 3.05) is 14.2 Å². The molecule has 1 aromatic rings. The Balaban J connectivity index is 3.19. The van der Waals surface area contributed by atoms with Gasteiger partial charge in [-0.1, -0.05) is 11.6 Å². The van der Waals surface area contributed by atoms with Crippen molar-refractivity contribution in [1.82, 2.24) is 0 Å². The molecule has 0 spiro atoms. The maximum atomic E-state index is 11.3. The van der Waals surface area contributed by atoms with E-state index in [0.29, 0.717) is 11.5 Å². The third-order valence-electron chi connectivity index (χ3n) is 2.36. The molecule has 5 nitrogen and oxygen atoms in total. The van der Waals surface area contributed by atoms with Gasteiger partial charge >= 0.3 is 5.97 Å². The van der Waals surface area contributed by atoms with Crippen molar-refractivity contribution < 1.29 is 24.1 Å². The number of rotatable bonds is 5. The lowest BCUT2D eigenvalue weighted by atomic mass is 10.1. The Morgan fingerprint density at radius 1 is 1.26 bits per heavy atom. The van der Waals surface area contributed by atoms with Gasteiger partial charge in [-0.25, -0.2) is 4.79 Å². The molecular weight excluding hydrogens is 272 g/mol. The van der Waals surface area contributed by atoms with Crippen molar-refractivity contribution in [3.05, 3.63) is 22.7 Å². The number of benzene rings is 1. The molecule has 0 saturated carbocycles. The van der Waals surface area contributed by atoms with E-state index < -0.39 is 12.1 Å². The minimum absolute atomic E-state index is 0.0543. The molecule has 1 unspecified atom stereocenters. The molecule has 1 atom stereocenters. The third kappa shape index (κ3) is 3.75. The van der Waals surface area contributed by atoms with Gasteiger partial charge in [-0.3, -0.25) is 0 Å². The summed E-state index contributed by atoms with van der Waals surface area (Å²) in [6.45, 7) is 3.73. The average molecular weight is 289 g/mol. The highest BCUT2D eigenvalue weighted by atomic mass is 35.5. The number of hydrogen-bond donors (Lipinski definition) is 1. The van der Waals surface area contributed by atoms with Gasteiger partial charge in [0.1, 0.15) is 0 Å². The standard InChI is InChI=1S/C13H17ClO5/c1-7(2)19-11-6-9(14)8(5-10(11)17-3)12(15)13(16)18-4/h5-7,12,15H,1-4H3. The van der Waals surface area contributed by atoms with Gasteiger partial charge in [0.2, 0.25) is 0 Å². The van der Waals surface area contributed by atoms with E-state index in [1.165, 1.54) is 26.4 Å². The largest absolute Gasteiger partial charge is 0.493 e. The highest BCUT2D eigenvalue weighted by Crippen LogP contribution is 2.36. The minimum atomic E-state index is -1.46. The maximum absolute atomic E-state index is 11.3. The number of methoxy groups -OCH3 is 2. The molecule has 0 aliphatic heterocycles. The van der Waals surface area contributed by atoms with Crippen molar-refractivity contribution in [3.63, 3.8) is 0 Å². The Labute approximate surface area is 117 Å². The summed E-state index contributed by atoms with van der Waals surface area (Å²) >= 11 is 6.03. The van der Waals surface area contributed by atoms with Crippen molar-refractivity contribution in [2.24, 2.45) is 0 Å². The van der Waals surface area contributed by atoms with E-state index in [-0.39, 0.29) is 16.7 Å². The highest BCUT2D eigenvalue weighted by molar-refractivity contribution is 6.31. The summed E-state index contributed by atoms with van der Waals surface area (Å²) in [4.78, 5) is 11.3. The Morgan fingerprint density at radius 3 is 2.37 bits per heavy atom. The first-order chi connectivity index (χ1) is 8.90. The lowest BCUT2D eigenvalue weighted by molar-refractivity contribution is -0.150. The third-order valence-corrected chi connectivity index (χ3v) is 2.69. The minimum Gasteiger partial charge on any atom is -0.493 e. The van der Waals surface area contributed by atoms with Gasteiger partial charge < -0.3 is 19.3 Å². The van der Waals surface area contributed by atoms with Crippen LogP contribution in [0, 0.1) is 0 Å². The highest BCUT2D eigenvalue weighted by Gasteiger charge is 2.23. The van der Waals surface area contributed by atoms with Crippen LogP contribution >= 0.6 is 11.6 Å². The number of halogens is 1. The van der Waals surface area contributed by atoms with Crippen LogP contribution in [0.25, 0.3) is 0 Å². The second-order valence-electron chi connectivity index (χ2n) is 4.12. The number of esters is 1. The molecule has 0 amide bonds. The predicted molar refractivity (Wildman–Crippen MR) is 70.7 cm³/mol. The summed E-state index contributed by atoms with van der Waals surface area (Å²) in [7, 11) is 2.65. The van der Waals surface area contributed by atoms with Gasteiger partial charge in [-0.05, 0) is 19.9 Å². The summed E-state index contributed by atoms with van der Waals surface area (Å²) in [6, 6.07) is 2.96. The summed E-state index contributed by atoms with van der Waals surface area (Å²) in [5, 5.41) is 10.0. The molecule has 0 radical (unpaired) electrons. The molecule has 1 aromatic carbocycles. The van der Waals surface area contributed by atoms with Crippen LogP contribution in [0.5, 0.6) is 11.5 Å². The van der Waals surface area contributed by atoms with E-state index >= 15 is 0 Å². The zero-order valence-corrected chi connectivity index (χ0v) is 12.0. The van der Waals surface area contributed by atoms with Crippen molar-refractivity contribution in [1.29, 1.82) is 0 Å². The van der Waals surface area contributed by atoms with Crippen LogP contribution in [0.15, 0.2) is 12.1 Å². The lowest BCUT2D eigenvalue weighted by Gasteiger charge is -2.17. The van der Waals surface area contributed by atoms with Crippen LogP contribution in [0.4, 0.5) is 0 Å². The molecule has 0 heterocycles. The van der Waals surface area contributed by atoms with Crippen LogP contribution < -0.4 is 9.47 Å². The number of hydrogen-bond acceptors (Lipinski definition) is 5. The fraction of sp³-hybridized carbons (Fsp3) is 0.462. The smallest absolute Gasteiger partial charge is 0.339 e. The van der Waals surface area contributed by atoms with E-state index in [2.05, 4.69) is 4.74 Å². The number of carbonyl (C=O) groups excluding carboxylic acids is 1. The number of carbonyl (C=O) groups is 1. The van der Waals surface area contributed by atoms with Crippen molar-refractivity contribution in [3.8, 4) is 11.5 Å². The predicted octanol–water partition coefficient (Wildman–Crippen LogP) is 2.34. The summed E-state index contributed by atoms with van der Waals surface area (Å²) in [6.07, 6.45) is -1.51. The van der Waals surface area contributed by atoms with Crippen LogP contribution in [0.2, 0.25) is 5.02 Å².